The molecular formula is C17H22N4O3S. The summed E-state index contributed by atoms with van der Waals surface area (Å²) in [5.74, 6) is 1.74. The van der Waals surface area contributed by atoms with Gasteiger partial charge in [0.1, 0.15) is 6.61 Å². The number of nitrogens with one attached hydrogen (secondary N) is 1. The maximum Gasteiger partial charge on any atom is 0.236 e. The van der Waals surface area contributed by atoms with Crippen LogP contribution in [0.4, 0.5) is 0 Å². The summed E-state index contributed by atoms with van der Waals surface area (Å²) in [5.41, 5.74) is 0.849. The molecule has 2 aliphatic rings. The van der Waals surface area contributed by atoms with Crippen LogP contribution in [0.25, 0.3) is 0 Å². The average Bonchev–Trinajstić information content (AvgIpc) is 3.27. The van der Waals surface area contributed by atoms with E-state index in [1.165, 1.54) is 24.6 Å². The molecule has 1 aromatic carbocycles. The van der Waals surface area contributed by atoms with Crippen LogP contribution in [0.5, 0.6) is 11.5 Å². The van der Waals surface area contributed by atoms with E-state index in [0.29, 0.717) is 23.3 Å². The Morgan fingerprint density at radius 1 is 1.32 bits per heavy atom. The monoisotopic (exact) mass is 362 g/mol. The van der Waals surface area contributed by atoms with Crippen molar-refractivity contribution in [1.29, 1.82) is 0 Å². The van der Waals surface area contributed by atoms with Crippen molar-refractivity contribution < 1.29 is 14.3 Å². The molecule has 134 valence electrons. The fourth-order valence-corrected chi connectivity index (χ4v) is 3.33. The van der Waals surface area contributed by atoms with E-state index < -0.39 is 0 Å². The molecule has 8 heteroatoms. The molecule has 2 fully saturated rings. The minimum absolute atomic E-state index is 0.0453. The molecule has 1 amide bonds. The SMILES string of the molecule is COc1cc(C=NN=C2NC(=O)CS2)ccc1OCCN1CCCC1. The lowest BCUT2D eigenvalue weighted by Gasteiger charge is -2.16. The molecule has 0 bridgehead atoms. The second-order valence-electron chi connectivity index (χ2n) is 5.79. The molecule has 0 saturated carbocycles. The van der Waals surface area contributed by atoms with Gasteiger partial charge in [0, 0.05) is 6.54 Å². The molecule has 2 aliphatic heterocycles. The second kappa shape index (κ2) is 8.87. The Labute approximate surface area is 151 Å². The Hall–Kier alpha value is -2.06. The molecule has 25 heavy (non-hydrogen) atoms. The van der Waals surface area contributed by atoms with Crippen molar-refractivity contribution in [3.63, 3.8) is 0 Å². The molecule has 1 N–H and O–H groups in total. The fraction of sp³-hybridized carbons (Fsp3) is 0.471. The van der Waals surface area contributed by atoms with Crippen LogP contribution >= 0.6 is 11.8 Å². The zero-order chi connectivity index (χ0) is 17.5. The van der Waals surface area contributed by atoms with Crippen LogP contribution in [0.15, 0.2) is 28.4 Å². The summed E-state index contributed by atoms with van der Waals surface area (Å²) in [6, 6.07) is 5.64. The largest absolute Gasteiger partial charge is 0.493 e. The van der Waals surface area contributed by atoms with Crippen LogP contribution < -0.4 is 14.8 Å². The summed E-state index contributed by atoms with van der Waals surface area (Å²) < 4.78 is 11.3. The number of thioether (sulfide) groups is 1. The van der Waals surface area contributed by atoms with Gasteiger partial charge in [-0.25, -0.2) is 0 Å². The maximum absolute atomic E-state index is 11.1. The predicted molar refractivity (Wildman–Crippen MR) is 99.8 cm³/mol. The third-order valence-corrected chi connectivity index (χ3v) is 4.86. The molecule has 7 nitrogen and oxygen atoms in total. The van der Waals surface area contributed by atoms with E-state index in [-0.39, 0.29) is 5.91 Å². The van der Waals surface area contributed by atoms with Crippen LogP contribution in [-0.4, -0.2) is 61.3 Å². The van der Waals surface area contributed by atoms with Crippen molar-refractivity contribution in [1.82, 2.24) is 10.2 Å². The number of ether oxygens (including phenoxy) is 2. The zero-order valence-corrected chi connectivity index (χ0v) is 15.1. The van der Waals surface area contributed by atoms with Crippen molar-refractivity contribution in [2.45, 2.75) is 12.8 Å². The normalized spacial score (nSPS) is 19.7. The van der Waals surface area contributed by atoms with E-state index in [2.05, 4.69) is 20.4 Å². The zero-order valence-electron chi connectivity index (χ0n) is 14.2. The summed E-state index contributed by atoms with van der Waals surface area (Å²) in [7, 11) is 1.62. The Balaban J connectivity index is 1.55. The number of methoxy groups -OCH3 is 1. The summed E-state index contributed by atoms with van der Waals surface area (Å²) in [4.78, 5) is 13.5. The van der Waals surface area contributed by atoms with Gasteiger partial charge >= 0.3 is 0 Å². The number of rotatable bonds is 7. The minimum Gasteiger partial charge on any atom is -0.493 e. The van der Waals surface area contributed by atoms with Gasteiger partial charge in [0.2, 0.25) is 5.91 Å². The molecule has 3 rings (SSSR count). The first-order valence-corrected chi connectivity index (χ1v) is 9.30. The van der Waals surface area contributed by atoms with Crippen molar-refractivity contribution in [3.05, 3.63) is 23.8 Å². The van der Waals surface area contributed by atoms with Crippen molar-refractivity contribution in [2.24, 2.45) is 10.2 Å². The van der Waals surface area contributed by atoms with Crippen LogP contribution in [0.1, 0.15) is 18.4 Å². The molecule has 2 saturated heterocycles. The number of carbonyl (C=O) groups excluding carboxylic acids is 1. The van der Waals surface area contributed by atoms with Gasteiger partial charge in [0.25, 0.3) is 0 Å². The summed E-state index contributed by atoms with van der Waals surface area (Å²) >= 11 is 1.34. The summed E-state index contributed by atoms with van der Waals surface area (Å²) in [5, 5.41) is 11.1. The molecule has 0 spiro atoms. The number of amides is 1. The predicted octanol–water partition coefficient (Wildman–Crippen LogP) is 1.72. The Kier molecular flexibility index (Phi) is 6.30. The lowest BCUT2D eigenvalue weighted by atomic mass is 10.2. The quantitative estimate of drug-likeness (QED) is 0.590. The van der Waals surface area contributed by atoms with Gasteiger partial charge < -0.3 is 14.8 Å². The summed E-state index contributed by atoms with van der Waals surface area (Å²) in [6.45, 7) is 3.91. The van der Waals surface area contributed by atoms with Crippen molar-refractivity contribution >= 4 is 29.1 Å². The first-order valence-electron chi connectivity index (χ1n) is 8.31. The van der Waals surface area contributed by atoms with Gasteiger partial charge in [-0.3, -0.25) is 9.69 Å². The molecule has 0 radical (unpaired) electrons. The number of carbonyl (C=O) groups is 1. The van der Waals surface area contributed by atoms with Gasteiger partial charge in [-0.2, -0.15) is 5.10 Å². The van der Waals surface area contributed by atoms with Crippen LogP contribution in [-0.2, 0) is 4.79 Å². The molecule has 1 aromatic rings. The van der Waals surface area contributed by atoms with Crippen LogP contribution in [0.2, 0.25) is 0 Å². The third-order valence-electron chi connectivity index (χ3n) is 3.99. The van der Waals surface area contributed by atoms with Crippen LogP contribution in [0.3, 0.4) is 0 Å². The van der Waals surface area contributed by atoms with E-state index in [1.54, 1.807) is 13.3 Å². The molecule has 0 atom stereocenters. The van der Waals surface area contributed by atoms with E-state index in [4.69, 9.17) is 9.47 Å². The Bertz CT molecular complexity index is 672. The smallest absolute Gasteiger partial charge is 0.236 e. The first-order chi connectivity index (χ1) is 12.2. The van der Waals surface area contributed by atoms with Gasteiger partial charge in [-0.1, -0.05) is 11.8 Å². The number of amidine groups is 1. The number of hydrogen-bond acceptors (Lipinski definition) is 7. The average molecular weight is 362 g/mol. The lowest BCUT2D eigenvalue weighted by molar-refractivity contribution is -0.116. The molecule has 0 unspecified atom stereocenters. The van der Waals surface area contributed by atoms with Gasteiger partial charge in [0.15, 0.2) is 16.7 Å². The molecule has 2 heterocycles. The van der Waals surface area contributed by atoms with Gasteiger partial charge in [-0.05, 0) is 49.7 Å². The Morgan fingerprint density at radius 3 is 2.88 bits per heavy atom. The van der Waals surface area contributed by atoms with Crippen molar-refractivity contribution in [3.8, 4) is 11.5 Å². The van der Waals surface area contributed by atoms with Gasteiger partial charge in [0.05, 0.1) is 19.1 Å². The topological polar surface area (TPSA) is 75.5 Å². The van der Waals surface area contributed by atoms with E-state index >= 15 is 0 Å². The lowest BCUT2D eigenvalue weighted by Crippen LogP contribution is -2.25. The third kappa shape index (κ3) is 5.20. The highest BCUT2D eigenvalue weighted by atomic mass is 32.2. The van der Waals surface area contributed by atoms with E-state index in [1.807, 2.05) is 18.2 Å². The minimum atomic E-state index is -0.0453. The highest BCUT2D eigenvalue weighted by molar-refractivity contribution is 8.15. The molecule has 0 aromatic heterocycles. The number of benzene rings is 1. The second-order valence-corrected chi connectivity index (χ2v) is 6.76. The Morgan fingerprint density at radius 2 is 2.16 bits per heavy atom. The molecule has 0 aliphatic carbocycles. The number of likely N-dealkylation sites (tertiary alicyclic amines) is 1. The first kappa shape index (κ1) is 17.8. The summed E-state index contributed by atoms with van der Waals surface area (Å²) in [6.07, 6.45) is 4.18. The standard InChI is InChI=1S/C17H22N4O3S/c1-23-15-10-13(11-18-20-17-19-16(22)12-25-17)4-5-14(15)24-9-8-21-6-2-3-7-21/h4-5,10-11H,2-3,6-9,12H2,1H3,(H,19,20,22). The maximum atomic E-state index is 11.1. The van der Waals surface area contributed by atoms with E-state index in [0.717, 1.165) is 30.9 Å². The highest BCUT2D eigenvalue weighted by Crippen LogP contribution is 2.27. The number of nitrogens with zero attached hydrogens (tertiary/aromatic N) is 3. The van der Waals surface area contributed by atoms with Gasteiger partial charge in [-0.15, -0.1) is 5.10 Å². The fourth-order valence-electron chi connectivity index (χ4n) is 2.70. The highest BCUT2D eigenvalue weighted by Gasteiger charge is 2.16. The van der Waals surface area contributed by atoms with Crippen LogP contribution in [0, 0.1) is 0 Å². The number of hydrogen-bond donors (Lipinski definition) is 1. The molecular weight excluding hydrogens is 340 g/mol. The van der Waals surface area contributed by atoms with E-state index in [9.17, 15) is 4.79 Å². The van der Waals surface area contributed by atoms with Crippen molar-refractivity contribution in [2.75, 3.05) is 39.1 Å².